The Morgan fingerprint density at radius 1 is 1.30 bits per heavy atom. The molecule has 0 spiro atoms. The molecule has 1 amide bonds. The van der Waals surface area contributed by atoms with Gasteiger partial charge in [-0.1, -0.05) is 12.1 Å². The van der Waals surface area contributed by atoms with E-state index in [0.717, 1.165) is 18.4 Å². The van der Waals surface area contributed by atoms with Gasteiger partial charge in [-0.05, 0) is 36.5 Å². The van der Waals surface area contributed by atoms with Gasteiger partial charge in [0.25, 0.3) is 5.91 Å². The first-order chi connectivity index (χ1) is 11.2. The summed E-state index contributed by atoms with van der Waals surface area (Å²) < 4.78 is 13.9. The molecule has 116 valence electrons. The normalized spacial score (nSPS) is 17.0. The minimum atomic E-state index is -0.316. The predicted octanol–water partition coefficient (Wildman–Crippen LogP) is 2.30. The van der Waals surface area contributed by atoms with Crippen molar-refractivity contribution in [3.63, 3.8) is 0 Å². The van der Waals surface area contributed by atoms with Crippen molar-refractivity contribution >= 4 is 17.1 Å². The van der Waals surface area contributed by atoms with Crippen LogP contribution in [0.15, 0.2) is 30.9 Å². The summed E-state index contributed by atoms with van der Waals surface area (Å²) in [5.41, 5.74) is 2.73. The number of aromatic amines is 1. The summed E-state index contributed by atoms with van der Waals surface area (Å²) in [4.78, 5) is 27.5. The van der Waals surface area contributed by atoms with Crippen LogP contribution in [-0.2, 0) is 6.42 Å². The second-order valence-electron chi connectivity index (χ2n) is 5.55. The average Bonchev–Trinajstić information content (AvgIpc) is 3.04. The van der Waals surface area contributed by atoms with Crippen molar-refractivity contribution < 1.29 is 9.18 Å². The number of H-pyrrole nitrogens is 1. The highest BCUT2D eigenvalue weighted by Crippen LogP contribution is 2.31. The van der Waals surface area contributed by atoms with E-state index < -0.39 is 0 Å². The zero-order valence-electron chi connectivity index (χ0n) is 12.2. The molecular formula is C16H14FN5O. The fraction of sp³-hybridized carbons (Fsp3) is 0.250. The number of carbonyl (C=O) groups is 1. The topological polar surface area (TPSA) is 83.6 Å². The van der Waals surface area contributed by atoms with E-state index in [0.29, 0.717) is 23.1 Å². The number of carbonyl (C=O) groups excluding carboxylic acids is 1. The van der Waals surface area contributed by atoms with Gasteiger partial charge < -0.3 is 10.3 Å². The summed E-state index contributed by atoms with van der Waals surface area (Å²) in [6.45, 7) is 0. The third kappa shape index (κ3) is 2.34. The second kappa shape index (κ2) is 5.42. The first-order valence-electron chi connectivity index (χ1n) is 7.46. The zero-order valence-corrected chi connectivity index (χ0v) is 12.2. The SMILES string of the molecule is O=C(NC1CCCc2c(F)cccc21)c1ncnc2nc[nH]c12. The quantitative estimate of drug-likeness (QED) is 0.760. The molecule has 1 aromatic carbocycles. The van der Waals surface area contributed by atoms with Gasteiger partial charge in [-0.3, -0.25) is 4.79 Å². The molecule has 1 aliphatic carbocycles. The number of nitrogens with one attached hydrogen (secondary N) is 2. The molecule has 1 atom stereocenters. The zero-order chi connectivity index (χ0) is 15.8. The lowest BCUT2D eigenvalue weighted by Crippen LogP contribution is -2.32. The number of aromatic nitrogens is 4. The van der Waals surface area contributed by atoms with Crippen LogP contribution < -0.4 is 5.32 Å². The van der Waals surface area contributed by atoms with Crippen LogP contribution in [0.1, 0.15) is 40.5 Å². The van der Waals surface area contributed by atoms with E-state index in [1.54, 1.807) is 6.07 Å². The molecule has 2 heterocycles. The van der Waals surface area contributed by atoms with Crippen LogP contribution in [0.25, 0.3) is 11.2 Å². The number of nitrogens with zero attached hydrogens (tertiary/aromatic N) is 3. The Morgan fingerprint density at radius 2 is 2.22 bits per heavy atom. The first kappa shape index (κ1) is 13.8. The molecule has 0 saturated heterocycles. The third-order valence-electron chi connectivity index (χ3n) is 4.19. The molecule has 3 aromatic rings. The Kier molecular flexibility index (Phi) is 3.25. The molecule has 0 radical (unpaired) electrons. The number of halogens is 1. The number of hydrogen-bond donors (Lipinski definition) is 2. The van der Waals surface area contributed by atoms with Gasteiger partial charge in [0, 0.05) is 0 Å². The van der Waals surface area contributed by atoms with E-state index in [1.165, 1.54) is 18.7 Å². The molecule has 1 unspecified atom stereocenters. The number of amides is 1. The lowest BCUT2D eigenvalue weighted by Gasteiger charge is -2.26. The lowest BCUT2D eigenvalue weighted by atomic mass is 9.87. The lowest BCUT2D eigenvalue weighted by molar-refractivity contribution is 0.0929. The minimum Gasteiger partial charge on any atom is -0.344 e. The molecule has 2 aromatic heterocycles. The summed E-state index contributed by atoms with van der Waals surface area (Å²) in [7, 11) is 0. The number of benzene rings is 1. The van der Waals surface area contributed by atoms with E-state index in [2.05, 4.69) is 25.3 Å². The van der Waals surface area contributed by atoms with Gasteiger partial charge in [0.15, 0.2) is 11.3 Å². The highest BCUT2D eigenvalue weighted by atomic mass is 19.1. The molecule has 0 fully saturated rings. The van der Waals surface area contributed by atoms with Crippen LogP contribution in [0.3, 0.4) is 0 Å². The van der Waals surface area contributed by atoms with Crippen LogP contribution in [-0.4, -0.2) is 25.8 Å². The molecule has 23 heavy (non-hydrogen) atoms. The van der Waals surface area contributed by atoms with Gasteiger partial charge >= 0.3 is 0 Å². The van der Waals surface area contributed by atoms with Crippen LogP contribution in [0.4, 0.5) is 4.39 Å². The Bertz CT molecular complexity index is 891. The van der Waals surface area contributed by atoms with Gasteiger partial charge in [-0.2, -0.15) is 0 Å². The predicted molar refractivity (Wildman–Crippen MR) is 81.2 cm³/mol. The summed E-state index contributed by atoms with van der Waals surface area (Å²) >= 11 is 0. The smallest absolute Gasteiger partial charge is 0.272 e. The molecule has 0 saturated carbocycles. The second-order valence-corrected chi connectivity index (χ2v) is 5.55. The first-order valence-corrected chi connectivity index (χ1v) is 7.46. The van der Waals surface area contributed by atoms with Gasteiger partial charge in [-0.15, -0.1) is 0 Å². The maximum atomic E-state index is 13.9. The van der Waals surface area contributed by atoms with Crippen molar-refractivity contribution in [2.45, 2.75) is 25.3 Å². The Hall–Kier alpha value is -2.83. The average molecular weight is 311 g/mol. The fourth-order valence-corrected chi connectivity index (χ4v) is 3.12. The van der Waals surface area contributed by atoms with Crippen LogP contribution in [0.2, 0.25) is 0 Å². The standard InChI is InChI=1S/C16H14FN5O/c17-11-5-1-4-10-9(11)3-2-6-12(10)22-16(23)14-13-15(20-7-18-13)21-8-19-14/h1,4-5,7-8,12H,2-3,6H2,(H,22,23)(H,18,19,20,21). The molecule has 1 aliphatic rings. The molecule has 2 N–H and O–H groups in total. The summed E-state index contributed by atoms with van der Waals surface area (Å²) in [6.07, 6.45) is 5.10. The summed E-state index contributed by atoms with van der Waals surface area (Å²) in [5.74, 6) is -0.525. The van der Waals surface area contributed by atoms with Crippen LogP contribution in [0, 0.1) is 5.82 Å². The Balaban J connectivity index is 1.66. The third-order valence-corrected chi connectivity index (χ3v) is 4.19. The van der Waals surface area contributed by atoms with Crippen molar-refractivity contribution in [3.05, 3.63) is 53.5 Å². The van der Waals surface area contributed by atoms with E-state index in [1.807, 2.05) is 6.07 Å². The van der Waals surface area contributed by atoms with E-state index in [-0.39, 0.29) is 23.5 Å². The van der Waals surface area contributed by atoms with Gasteiger partial charge in [0.05, 0.1) is 12.4 Å². The highest BCUT2D eigenvalue weighted by molar-refractivity contribution is 6.02. The van der Waals surface area contributed by atoms with Gasteiger partial charge in [0.1, 0.15) is 17.7 Å². The number of rotatable bonds is 2. The van der Waals surface area contributed by atoms with Crippen molar-refractivity contribution in [1.82, 2.24) is 25.3 Å². The van der Waals surface area contributed by atoms with Crippen molar-refractivity contribution in [2.24, 2.45) is 0 Å². The number of hydrogen-bond acceptors (Lipinski definition) is 4. The van der Waals surface area contributed by atoms with Crippen LogP contribution in [0.5, 0.6) is 0 Å². The van der Waals surface area contributed by atoms with Crippen molar-refractivity contribution in [2.75, 3.05) is 0 Å². The van der Waals surface area contributed by atoms with Crippen molar-refractivity contribution in [1.29, 1.82) is 0 Å². The number of imidazole rings is 1. The number of fused-ring (bicyclic) bond motifs is 2. The molecule has 0 aliphatic heterocycles. The molecule has 4 rings (SSSR count). The fourth-order valence-electron chi connectivity index (χ4n) is 3.12. The minimum absolute atomic E-state index is 0.209. The van der Waals surface area contributed by atoms with Gasteiger partial charge in [-0.25, -0.2) is 19.3 Å². The summed E-state index contributed by atoms with van der Waals surface area (Å²) in [5, 5.41) is 2.96. The highest BCUT2D eigenvalue weighted by Gasteiger charge is 2.25. The maximum absolute atomic E-state index is 13.9. The maximum Gasteiger partial charge on any atom is 0.272 e. The molecule has 0 bridgehead atoms. The molecule has 7 heteroatoms. The van der Waals surface area contributed by atoms with Gasteiger partial charge in [0.2, 0.25) is 0 Å². The van der Waals surface area contributed by atoms with E-state index in [9.17, 15) is 9.18 Å². The van der Waals surface area contributed by atoms with E-state index in [4.69, 9.17) is 0 Å². The van der Waals surface area contributed by atoms with Crippen LogP contribution >= 0.6 is 0 Å². The molecule has 6 nitrogen and oxygen atoms in total. The molecular weight excluding hydrogens is 297 g/mol. The largest absolute Gasteiger partial charge is 0.344 e. The summed E-state index contributed by atoms with van der Waals surface area (Å²) in [6, 6.07) is 4.79. The monoisotopic (exact) mass is 311 g/mol. The Labute approximate surface area is 131 Å². The Morgan fingerprint density at radius 3 is 3.13 bits per heavy atom. The van der Waals surface area contributed by atoms with Crippen molar-refractivity contribution in [3.8, 4) is 0 Å². The van der Waals surface area contributed by atoms with E-state index >= 15 is 0 Å².